The molecule has 1 aliphatic rings. The SMILES string of the molecule is COc1ccc2c(c1CC(N)C(=O)O)OCCO2. The monoisotopic (exact) mass is 253 g/mol. The van der Waals surface area contributed by atoms with Crippen molar-refractivity contribution in [3.8, 4) is 17.2 Å². The second-order valence-electron chi connectivity index (χ2n) is 3.92. The van der Waals surface area contributed by atoms with Crippen LogP contribution in [0, 0.1) is 0 Å². The van der Waals surface area contributed by atoms with Crippen molar-refractivity contribution < 1.29 is 24.1 Å². The minimum Gasteiger partial charge on any atom is -0.496 e. The van der Waals surface area contributed by atoms with Crippen LogP contribution in [0.3, 0.4) is 0 Å². The topological polar surface area (TPSA) is 91.0 Å². The molecule has 0 bridgehead atoms. The van der Waals surface area contributed by atoms with E-state index in [2.05, 4.69) is 0 Å². The van der Waals surface area contributed by atoms with Gasteiger partial charge in [-0.15, -0.1) is 0 Å². The Morgan fingerprint density at radius 3 is 2.89 bits per heavy atom. The summed E-state index contributed by atoms with van der Waals surface area (Å²) in [6, 6.07) is 2.46. The number of benzene rings is 1. The number of methoxy groups -OCH3 is 1. The zero-order valence-corrected chi connectivity index (χ0v) is 10.0. The molecule has 98 valence electrons. The zero-order chi connectivity index (χ0) is 13.1. The lowest BCUT2D eigenvalue weighted by Crippen LogP contribution is -2.32. The van der Waals surface area contributed by atoms with E-state index < -0.39 is 12.0 Å². The predicted molar refractivity (Wildman–Crippen MR) is 63.3 cm³/mol. The summed E-state index contributed by atoms with van der Waals surface area (Å²) in [7, 11) is 1.52. The number of fused-ring (bicyclic) bond motifs is 1. The van der Waals surface area contributed by atoms with Gasteiger partial charge in [0.2, 0.25) is 0 Å². The minimum absolute atomic E-state index is 0.130. The van der Waals surface area contributed by atoms with Gasteiger partial charge in [-0.3, -0.25) is 4.79 Å². The number of hydrogen-bond donors (Lipinski definition) is 2. The highest BCUT2D eigenvalue weighted by atomic mass is 16.6. The summed E-state index contributed by atoms with van der Waals surface area (Å²) in [6.45, 7) is 0.902. The van der Waals surface area contributed by atoms with Crippen LogP contribution in [0.25, 0.3) is 0 Å². The molecule has 0 aromatic heterocycles. The molecule has 0 saturated carbocycles. The van der Waals surface area contributed by atoms with Crippen molar-refractivity contribution in [1.82, 2.24) is 0 Å². The van der Waals surface area contributed by atoms with Crippen molar-refractivity contribution in [3.63, 3.8) is 0 Å². The number of nitrogens with two attached hydrogens (primary N) is 1. The van der Waals surface area contributed by atoms with Crippen LogP contribution < -0.4 is 19.9 Å². The number of hydrogen-bond acceptors (Lipinski definition) is 5. The first-order valence-electron chi connectivity index (χ1n) is 5.57. The van der Waals surface area contributed by atoms with E-state index in [-0.39, 0.29) is 6.42 Å². The predicted octanol–water partition coefficient (Wildman–Crippen LogP) is 0.421. The lowest BCUT2D eigenvalue weighted by atomic mass is 10.0. The van der Waals surface area contributed by atoms with Crippen LogP contribution in [0.15, 0.2) is 12.1 Å². The third-order valence-electron chi connectivity index (χ3n) is 2.73. The fourth-order valence-corrected chi connectivity index (χ4v) is 1.85. The van der Waals surface area contributed by atoms with Crippen LogP contribution in [0.5, 0.6) is 17.2 Å². The van der Waals surface area contributed by atoms with Gasteiger partial charge >= 0.3 is 5.97 Å². The molecule has 3 N–H and O–H groups in total. The first-order valence-corrected chi connectivity index (χ1v) is 5.57. The van der Waals surface area contributed by atoms with Crippen molar-refractivity contribution in [1.29, 1.82) is 0 Å². The van der Waals surface area contributed by atoms with Crippen LogP contribution in [0.2, 0.25) is 0 Å². The molecular weight excluding hydrogens is 238 g/mol. The third kappa shape index (κ3) is 2.33. The van der Waals surface area contributed by atoms with E-state index in [0.717, 1.165) is 0 Å². The summed E-state index contributed by atoms with van der Waals surface area (Å²) < 4.78 is 16.2. The van der Waals surface area contributed by atoms with E-state index in [9.17, 15) is 4.79 Å². The van der Waals surface area contributed by atoms with Crippen molar-refractivity contribution in [2.45, 2.75) is 12.5 Å². The van der Waals surface area contributed by atoms with E-state index in [0.29, 0.717) is 36.0 Å². The molecule has 18 heavy (non-hydrogen) atoms. The largest absolute Gasteiger partial charge is 0.496 e. The Bertz CT molecular complexity index is 460. The Kier molecular flexibility index (Phi) is 3.57. The zero-order valence-electron chi connectivity index (χ0n) is 10.0. The number of rotatable bonds is 4. The summed E-state index contributed by atoms with van der Waals surface area (Å²) in [5.74, 6) is 0.606. The molecule has 1 heterocycles. The Morgan fingerprint density at radius 1 is 1.50 bits per heavy atom. The maximum atomic E-state index is 10.8. The molecule has 1 unspecified atom stereocenters. The van der Waals surface area contributed by atoms with Crippen molar-refractivity contribution in [3.05, 3.63) is 17.7 Å². The van der Waals surface area contributed by atoms with E-state index in [1.54, 1.807) is 12.1 Å². The smallest absolute Gasteiger partial charge is 0.320 e. The highest BCUT2D eigenvalue weighted by Gasteiger charge is 2.23. The summed E-state index contributed by atoms with van der Waals surface area (Å²) in [6.07, 6.45) is 0.130. The molecule has 0 fully saturated rings. The molecule has 0 aliphatic carbocycles. The Hall–Kier alpha value is -1.95. The molecule has 1 aromatic rings. The lowest BCUT2D eigenvalue weighted by molar-refractivity contribution is -0.138. The number of ether oxygens (including phenoxy) is 3. The van der Waals surface area contributed by atoms with Gasteiger partial charge in [0, 0.05) is 12.0 Å². The maximum absolute atomic E-state index is 10.8. The molecular formula is C12H15NO5. The fraction of sp³-hybridized carbons (Fsp3) is 0.417. The van der Waals surface area contributed by atoms with E-state index in [1.807, 2.05) is 0 Å². The Labute approximate surface area is 104 Å². The molecule has 0 saturated heterocycles. The second kappa shape index (κ2) is 5.14. The van der Waals surface area contributed by atoms with E-state index in [1.165, 1.54) is 7.11 Å². The molecule has 1 aliphatic heterocycles. The molecule has 0 spiro atoms. The van der Waals surface area contributed by atoms with E-state index >= 15 is 0 Å². The van der Waals surface area contributed by atoms with Gasteiger partial charge in [-0.25, -0.2) is 0 Å². The van der Waals surface area contributed by atoms with Crippen molar-refractivity contribution in [2.24, 2.45) is 5.73 Å². The highest BCUT2D eigenvalue weighted by molar-refractivity contribution is 5.74. The standard InChI is InChI=1S/C12H15NO5/c1-16-9-2-3-10-11(18-5-4-17-10)7(9)6-8(13)12(14)15/h2-3,8H,4-6,13H2,1H3,(H,14,15). The fourth-order valence-electron chi connectivity index (χ4n) is 1.85. The Balaban J connectivity index is 2.38. The third-order valence-corrected chi connectivity index (χ3v) is 2.73. The quantitative estimate of drug-likeness (QED) is 0.808. The van der Waals surface area contributed by atoms with Crippen LogP contribution in [0.4, 0.5) is 0 Å². The van der Waals surface area contributed by atoms with Gasteiger partial charge in [-0.1, -0.05) is 0 Å². The number of carboxylic acids is 1. The molecule has 1 atom stereocenters. The Morgan fingerprint density at radius 2 is 2.22 bits per heavy atom. The molecule has 6 nitrogen and oxygen atoms in total. The summed E-state index contributed by atoms with van der Waals surface area (Å²) in [5, 5.41) is 8.87. The first-order chi connectivity index (χ1) is 8.63. The summed E-state index contributed by atoms with van der Waals surface area (Å²) in [4.78, 5) is 10.8. The van der Waals surface area contributed by atoms with Crippen LogP contribution in [-0.4, -0.2) is 37.4 Å². The van der Waals surface area contributed by atoms with Gasteiger partial charge in [0.05, 0.1) is 7.11 Å². The average molecular weight is 253 g/mol. The number of aliphatic carboxylic acids is 1. The highest BCUT2D eigenvalue weighted by Crippen LogP contribution is 2.39. The average Bonchev–Trinajstić information content (AvgIpc) is 2.39. The van der Waals surface area contributed by atoms with E-state index in [4.69, 9.17) is 25.1 Å². The van der Waals surface area contributed by atoms with Gasteiger partial charge in [0.15, 0.2) is 11.5 Å². The van der Waals surface area contributed by atoms with Crippen molar-refractivity contribution >= 4 is 5.97 Å². The molecule has 0 radical (unpaired) electrons. The van der Waals surface area contributed by atoms with Crippen LogP contribution >= 0.6 is 0 Å². The maximum Gasteiger partial charge on any atom is 0.320 e. The normalized spacial score (nSPS) is 15.0. The number of carbonyl (C=O) groups is 1. The molecule has 6 heteroatoms. The van der Waals surface area contributed by atoms with Gasteiger partial charge in [0.1, 0.15) is 25.0 Å². The summed E-state index contributed by atoms with van der Waals surface area (Å²) >= 11 is 0. The molecule has 1 aromatic carbocycles. The summed E-state index contributed by atoms with van der Waals surface area (Å²) in [5.41, 5.74) is 6.18. The van der Waals surface area contributed by atoms with Gasteiger partial charge in [0.25, 0.3) is 0 Å². The van der Waals surface area contributed by atoms with Crippen LogP contribution in [0.1, 0.15) is 5.56 Å². The van der Waals surface area contributed by atoms with Gasteiger partial charge in [-0.05, 0) is 12.1 Å². The molecule has 0 amide bonds. The first kappa shape index (κ1) is 12.5. The lowest BCUT2D eigenvalue weighted by Gasteiger charge is -2.23. The molecule has 2 rings (SSSR count). The second-order valence-corrected chi connectivity index (χ2v) is 3.92. The minimum atomic E-state index is -1.06. The van der Waals surface area contributed by atoms with Crippen molar-refractivity contribution in [2.75, 3.05) is 20.3 Å². The van der Waals surface area contributed by atoms with Gasteiger partial charge < -0.3 is 25.1 Å². The number of carboxylic acid groups (broad SMARTS) is 1. The van der Waals surface area contributed by atoms with Gasteiger partial charge in [-0.2, -0.15) is 0 Å². The van der Waals surface area contributed by atoms with Crippen LogP contribution in [-0.2, 0) is 11.2 Å².